The third-order valence-corrected chi connectivity index (χ3v) is 3.33. The SMILES string of the molecule is CCC(N)Cc1ncc(-c2cccc(Br)c2)cn1. The molecule has 94 valence electrons. The lowest BCUT2D eigenvalue weighted by Gasteiger charge is -2.07. The van der Waals surface area contributed by atoms with Crippen molar-refractivity contribution in [3.63, 3.8) is 0 Å². The first kappa shape index (κ1) is 13.2. The summed E-state index contributed by atoms with van der Waals surface area (Å²) in [6.07, 6.45) is 5.38. The highest BCUT2D eigenvalue weighted by Crippen LogP contribution is 2.21. The predicted molar refractivity (Wildman–Crippen MR) is 77.1 cm³/mol. The van der Waals surface area contributed by atoms with Gasteiger partial charge in [-0.05, 0) is 24.1 Å². The molecule has 0 amide bonds. The van der Waals surface area contributed by atoms with Crippen LogP contribution in [0, 0.1) is 0 Å². The molecule has 18 heavy (non-hydrogen) atoms. The zero-order valence-corrected chi connectivity index (χ0v) is 11.9. The Morgan fingerprint density at radius 2 is 1.94 bits per heavy atom. The second-order valence-corrected chi connectivity index (χ2v) is 5.19. The van der Waals surface area contributed by atoms with Crippen LogP contribution in [0.5, 0.6) is 0 Å². The maximum Gasteiger partial charge on any atom is 0.129 e. The van der Waals surface area contributed by atoms with Gasteiger partial charge in [-0.3, -0.25) is 0 Å². The second-order valence-electron chi connectivity index (χ2n) is 4.27. The van der Waals surface area contributed by atoms with Gasteiger partial charge < -0.3 is 5.73 Å². The van der Waals surface area contributed by atoms with E-state index in [0.29, 0.717) is 0 Å². The molecule has 2 rings (SSSR count). The molecule has 2 N–H and O–H groups in total. The molecular weight excluding hydrogens is 290 g/mol. The molecule has 1 aromatic heterocycles. The second kappa shape index (κ2) is 6.07. The summed E-state index contributed by atoms with van der Waals surface area (Å²) in [5, 5.41) is 0. The Bertz CT molecular complexity index is 511. The average Bonchev–Trinajstić information content (AvgIpc) is 2.39. The molecule has 4 heteroatoms. The number of benzene rings is 1. The van der Waals surface area contributed by atoms with E-state index in [9.17, 15) is 0 Å². The molecule has 0 bridgehead atoms. The van der Waals surface area contributed by atoms with Crippen LogP contribution in [0.3, 0.4) is 0 Å². The Morgan fingerprint density at radius 3 is 2.56 bits per heavy atom. The Labute approximate surface area is 116 Å². The minimum Gasteiger partial charge on any atom is -0.327 e. The topological polar surface area (TPSA) is 51.8 Å². The molecule has 1 atom stereocenters. The van der Waals surface area contributed by atoms with Crippen molar-refractivity contribution in [3.8, 4) is 11.1 Å². The van der Waals surface area contributed by atoms with Gasteiger partial charge in [0.15, 0.2) is 0 Å². The zero-order valence-electron chi connectivity index (χ0n) is 10.3. The van der Waals surface area contributed by atoms with Gasteiger partial charge in [-0.25, -0.2) is 9.97 Å². The first-order valence-corrected chi connectivity index (χ1v) is 6.80. The van der Waals surface area contributed by atoms with Crippen molar-refractivity contribution in [2.24, 2.45) is 5.73 Å². The van der Waals surface area contributed by atoms with E-state index in [1.54, 1.807) is 0 Å². The highest BCUT2D eigenvalue weighted by Gasteiger charge is 2.05. The maximum atomic E-state index is 5.89. The van der Waals surface area contributed by atoms with Crippen LogP contribution in [0.1, 0.15) is 19.2 Å². The van der Waals surface area contributed by atoms with Crippen molar-refractivity contribution < 1.29 is 0 Å². The van der Waals surface area contributed by atoms with Crippen molar-refractivity contribution in [1.82, 2.24) is 9.97 Å². The summed E-state index contributed by atoms with van der Waals surface area (Å²) in [7, 11) is 0. The van der Waals surface area contributed by atoms with Gasteiger partial charge in [-0.1, -0.05) is 35.0 Å². The van der Waals surface area contributed by atoms with Gasteiger partial charge in [0.25, 0.3) is 0 Å². The molecule has 0 radical (unpaired) electrons. The Hall–Kier alpha value is -1.26. The number of nitrogens with two attached hydrogens (primary N) is 1. The van der Waals surface area contributed by atoms with Crippen molar-refractivity contribution in [1.29, 1.82) is 0 Å². The van der Waals surface area contributed by atoms with Gasteiger partial charge in [0.2, 0.25) is 0 Å². The fourth-order valence-corrected chi connectivity index (χ4v) is 2.06. The molecule has 0 spiro atoms. The molecule has 3 nitrogen and oxygen atoms in total. The van der Waals surface area contributed by atoms with Crippen LogP contribution in [0.4, 0.5) is 0 Å². The summed E-state index contributed by atoms with van der Waals surface area (Å²) in [5.41, 5.74) is 8.01. The van der Waals surface area contributed by atoms with E-state index in [2.05, 4.69) is 38.9 Å². The highest BCUT2D eigenvalue weighted by atomic mass is 79.9. The largest absolute Gasteiger partial charge is 0.327 e. The smallest absolute Gasteiger partial charge is 0.129 e. The molecule has 1 unspecified atom stereocenters. The number of aromatic nitrogens is 2. The van der Waals surface area contributed by atoms with E-state index in [1.807, 2.05) is 30.6 Å². The first-order valence-electron chi connectivity index (χ1n) is 6.01. The fraction of sp³-hybridized carbons (Fsp3) is 0.286. The molecule has 1 heterocycles. The van der Waals surface area contributed by atoms with Gasteiger partial charge in [0.1, 0.15) is 5.82 Å². The average molecular weight is 306 g/mol. The molecule has 0 aliphatic carbocycles. The van der Waals surface area contributed by atoms with Crippen LogP contribution in [-0.4, -0.2) is 16.0 Å². The van der Waals surface area contributed by atoms with Crippen molar-refractivity contribution in [2.45, 2.75) is 25.8 Å². The number of halogens is 1. The summed E-state index contributed by atoms with van der Waals surface area (Å²) >= 11 is 3.46. The van der Waals surface area contributed by atoms with Gasteiger partial charge in [0.05, 0.1) is 0 Å². The van der Waals surface area contributed by atoms with Gasteiger partial charge >= 0.3 is 0 Å². The van der Waals surface area contributed by atoms with Crippen LogP contribution < -0.4 is 5.73 Å². The summed E-state index contributed by atoms with van der Waals surface area (Å²) in [5.74, 6) is 0.808. The van der Waals surface area contributed by atoms with Crippen molar-refractivity contribution in [2.75, 3.05) is 0 Å². The highest BCUT2D eigenvalue weighted by molar-refractivity contribution is 9.10. The van der Waals surface area contributed by atoms with Crippen molar-refractivity contribution in [3.05, 3.63) is 47.0 Å². The van der Waals surface area contributed by atoms with E-state index in [4.69, 9.17) is 5.73 Å². The van der Waals surface area contributed by atoms with Gasteiger partial charge in [-0.2, -0.15) is 0 Å². The number of hydrogen-bond acceptors (Lipinski definition) is 3. The molecule has 0 fully saturated rings. The van der Waals surface area contributed by atoms with Gasteiger partial charge in [-0.15, -0.1) is 0 Å². The Balaban J connectivity index is 2.17. The minimum absolute atomic E-state index is 0.140. The normalized spacial score (nSPS) is 12.4. The molecule has 0 saturated heterocycles. The van der Waals surface area contributed by atoms with Crippen LogP contribution in [0.2, 0.25) is 0 Å². The van der Waals surface area contributed by atoms with E-state index in [0.717, 1.165) is 34.3 Å². The summed E-state index contributed by atoms with van der Waals surface area (Å²) in [6, 6.07) is 8.23. The summed E-state index contributed by atoms with van der Waals surface area (Å²) in [4.78, 5) is 8.73. The predicted octanol–water partition coefficient (Wildman–Crippen LogP) is 3.19. The molecule has 0 aliphatic rings. The lowest BCUT2D eigenvalue weighted by Crippen LogP contribution is -2.22. The first-order chi connectivity index (χ1) is 8.69. The quantitative estimate of drug-likeness (QED) is 0.944. The van der Waals surface area contributed by atoms with Crippen LogP contribution in [0.25, 0.3) is 11.1 Å². The number of rotatable bonds is 4. The molecule has 1 aromatic carbocycles. The lowest BCUT2D eigenvalue weighted by atomic mass is 10.1. The van der Waals surface area contributed by atoms with E-state index in [1.165, 1.54) is 0 Å². The van der Waals surface area contributed by atoms with Gasteiger partial charge in [0, 0.05) is 34.9 Å². The third kappa shape index (κ3) is 3.37. The molecule has 2 aromatic rings. The molecule has 0 aliphatic heterocycles. The summed E-state index contributed by atoms with van der Waals surface area (Å²) in [6.45, 7) is 2.07. The number of hydrogen-bond donors (Lipinski definition) is 1. The van der Waals surface area contributed by atoms with E-state index in [-0.39, 0.29) is 6.04 Å². The van der Waals surface area contributed by atoms with Crippen LogP contribution in [-0.2, 0) is 6.42 Å². The fourth-order valence-electron chi connectivity index (χ4n) is 1.66. The van der Waals surface area contributed by atoms with Crippen molar-refractivity contribution >= 4 is 15.9 Å². The third-order valence-electron chi connectivity index (χ3n) is 2.83. The van der Waals surface area contributed by atoms with E-state index < -0.39 is 0 Å². The maximum absolute atomic E-state index is 5.89. The summed E-state index contributed by atoms with van der Waals surface area (Å²) < 4.78 is 1.05. The standard InChI is InChI=1S/C14H16BrN3/c1-2-13(16)7-14-17-8-11(9-18-14)10-4-3-5-12(15)6-10/h3-6,8-9,13H,2,7,16H2,1H3. The van der Waals surface area contributed by atoms with E-state index >= 15 is 0 Å². The zero-order chi connectivity index (χ0) is 13.0. The monoisotopic (exact) mass is 305 g/mol. The lowest BCUT2D eigenvalue weighted by molar-refractivity contribution is 0.624. The van der Waals surface area contributed by atoms with Crippen LogP contribution in [0.15, 0.2) is 41.1 Å². The van der Waals surface area contributed by atoms with Crippen LogP contribution >= 0.6 is 15.9 Å². The number of nitrogens with zero attached hydrogens (tertiary/aromatic N) is 2. The molecule has 0 saturated carbocycles. The Morgan fingerprint density at radius 1 is 1.22 bits per heavy atom. The molecular formula is C14H16BrN3. The minimum atomic E-state index is 0.140. The Kier molecular flexibility index (Phi) is 4.44.